The molecular formula is C13H27NO. The van der Waals surface area contributed by atoms with Crippen LogP contribution in [0.5, 0.6) is 0 Å². The fourth-order valence-electron chi connectivity index (χ4n) is 2.49. The van der Waals surface area contributed by atoms with Gasteiger partial charge in [0.25, 0.3) is 0 Å². The summed E-state index contributed by atoms with van der Waals surface area (Å²) in [5, 5.41) is 3.78. The Labute approximate surface area is 94.8 Å². The molecule has 1 aliphatic carbocycles. The first-order valence-electron chi connectivity index (χ1n) is 6.59. The number of ether oxygens (including phenoxy) is 1. The van der Waals surface area contributed by atoms with Gasteiger partial charge in [-0.05, 0) is 32.1 Å². The molecule has 1 saturated carbocycles. The summed E-state index contributed by atoms with van der Waals surface area (Å²) in [6, 6.07) is 1.43. The van der Waals surface area contributed by atoms with Crippen LogP contribution < -0.4 is 5.32 Å². The van der Waals surface area contributed by atoms with Crippen LogP contribution in [0, 0.1) is 0 Å². The van der Waals surface area contributed by atoms with E-state index in [0.717, 1.165) is 6.04 Å². The van der Waals surface area contributed by atoms with Crippen molar-refractivity contribution < 1.29 is 4.74 Å². The predicted molar refractivity (Wildman–Crippen MR) is 65.2 cm³/mol. The van der Waals surface area contributed by atoms with Crippen LogP contribution in [0.3, 0.4) is 0 Å². The highest BCUT2D eigenvalue weighted by Crippen LogP contribution is 2.22. The lowest BCUT2D eigenvalue weighted by Crippen LogP contribution is -2.36. The van der Waals surface area contributed by atoms with Gasteiger partial charge in [-0.2, -0.15) is 0 Å². The molecule has 2 nitrogen and oxygen atoms in total. The summed E-state index contributed by atoms with van der Waals surface area (Å²) in [6.07, 6.45) is 9.50. The molecule has 90 valence electrons. The summed E-state index contributed by atoms with van der Waals surface area (Å²) in [6.45, 7) is 4.55. The maximum atomic E-state index is 5.40. The minimum absolute atomic E-state index is 0.506. The third-order valence-corrected chi connectivity index (χ3v) is 3.59. The van der Waals surface area contributed by atoms with E-state index in [1.807, 2.05) is 7.11 Å². The number of nitrogens with one attached hydrogen (secondary N) is 1. The van der Waals surface area contributed by atoms with Gasteiger partial charge in [-0.25, -0.2) is 0 Å². The van der Waals surface area contributed by atoms with E-state index in [-0.39, 0.29) is 0 Å². The fraction of sp³-hybridized carbons (Fsp3) is 1.00. The van der Waals surface area contributed by atoms with Crippen LogP contribution in [-0.2, 0) is 4.74 Å². The third kappa shape index (κ3) is 4.52. The maximum absolute atomic E-state index is 5.40. The Hall–Kier alpha value is -0.0800. The Morgan fingerprint density at radius 3 is 2.67 bits per heavy atom. The van der Waals surface area contributed by atoms with E-state index in [1.54, 1.807) is 0 Å². The number of hydrogen-bond acceptors (Lipinski definition) is 2. The second-order valence-corrected chi connectivity index (χ2v) is 4.78. The van der Waals surface area contributed by atoms with Crippen molar-refractivity contribution in [1.29, 1.82) is 0 Å². The molecule has 0 aromatic rings. The van der Waals surface area contributed by atoms with Crippen molar-refractivity contribution in [1.82, 2.24) is 5.32 Å². The molecule has 0 radical (unpaired) electrons. The summed E-state index contributed by atoms with van der Waals surface area (Å²) in [5.41, 5.74) is 0. The van der Waals surface area contributed by atoms with Crippen molar-refractivity contribution in [2.75, 3.05) is 7.11 Å². The van der Waals surface area contributed by atoms with Gasteiger partial charge in [-0.15, -0.1) is 0 Å². The molecule has 1 rings (SSSR count). The molecule has 0 spiro atoms. The monoisotopic (exact) mass is 213 g/mol. The molecule has 2 heteroatoms. The number of rotatable bonds is 7. The average Bonchev–Trinajstić information content (AvgIpc) is 2.71. The fourth-order valence-corrected chi connectivity index (χ4v) is 2.49. The van der Waals surface area contributed by atoms with Gasteiger partial charge in [0.15, 0.2) is 0 Å². The molecule has 0 heterocycles. The summed E-state index contributed by atoms with van der Waals surface area (Å²) >= 11 is 0. The summed E-state index contributed by atoms with van der Waals surface area (Å²) in [4.78, 5) is 0. The first-order valence-corrected chi connectivity index (χ1v) is 6.59. The maximum Gasteiger partial charge on any atom is 0.0586 e. The van der Waals surface area contributed by atoms with Gasteiger partial charge < -0.3 is 10.1 Å². The Balaban J connectivity index is 2.20. The van der Waals surface area contributed by atoms with E-state index >= 15 is 0 Å². The highest BCUT2D eigenvalue weighted by atomic mass is 16.5. The Bertz CT molecular complexity index is 161. The van der Waals surface area contributed by atoms with E-state index in [0.29, 0.717) is 12.1 Å². The normalized spacial score (nSPS) is 28.2. The lowest BCUT2D eigenvalue weighted by atomic mass is 10.1. The van der Waals surface area contributed by atoms with Gasteiger partial charge in [-0.3, -0.25) is 0 Å². The van der Waals surface area contributed by atoms with E-state index in [4.69, 9.17) is 4.74 Å². The van der Waals surface area contributed by atoms with Crippen molar-refractivity contribution in [2.24, 2.45) is 0 Å². The van der Waals surface area contributed by atoms with Gasteiger partial charge >= 0.3 is 0 Å². The molecule has 0 bridgehead atoms. The first-order chi connectivity index (χ1) is 7.30. The SMILES string of the molecule is CCCCC(CC)NC1CCC(OC)C1. The summed E-state index contributed by atoms with van der Waals surface area (Å²) < 4.78 is 5.40. The molecule has 0 aliphatic heterocycles. The number of unbranched alkanes of at least 4 members (excludes halogenated alkanes) is 1. The van der Waals surface area contributed by atoms with Crippen molar-refractivity contribution in [3.8, 4) is 0 Å². The van der Waals surface area contributed by atoms with Crippen LogP contribution in [0.1, 0.15) is 58.8 Å². The molecule has 1 N–H and O–H groups in total. The molecule has 3 atom stereocenters. The second kappa shape index (κ2) is 7.24. The molecule has 0 saturated heterocycles. The zero-order valence-electron chi connectivity index (χ0n) is 10.6. The van der Waals surface area contributed by atoms with Gasteiger partial charge in [0.2, 0.25) is 0 Å². The van der Waals surface area contributed by atoms with Crippen LogP contribution in [-0.4, -0.2) is 25.3 Å². The van der Waals surface area contributed by atoms with Gasteiger partial charge in [-0.1, -0.05) is 26.7 Å². The molecule has 1 aliphatic rings. The van der Waals surface area contributed by atoms with E-state index in [9.17, 15) is 0 Å². The lowest BCUT2D eigenvalue weighted by molar-refractivity contribution is 0.106. The standard InChI is InChI=1S/C13H27NO/c1-4-6-7-11(5-2)14-12-8-9-13(10-12)15-3/h11-14H,4-10H2,1-3H3. The zero-order valence-corrected chi connectivity index (χ0v) is 10.6. The molecular weight excluding hydrogens is 186 g/mol. The molecule has 0 amide bonds. The van der Waals surface area contributed by atoms with Crippen LogP contribution in [0.25, 0.3) is 0 Å². The smallest absolute Gasteiger partial charge is 0.0586 e. The molecule has 0 aromatic heterocycles. The largest absolute Gasteiger partial charge is 0.381 e. The summed E-state index contributed by atoms with van der Waals surface area (Å²) in [5.74, 6) is 0. The van der Waals surface area contributed by atoms with Crippen LogP contribution in [0.15, 0.2) is 0 Å². The van der Waals surface area contributed by atoms with Gasteiger partial charge in [0.05, 0.1) is 6.10 Å². The predicted octanol–water partition coefficient (Wildman–Crippen LogP) is 3.11. The highest BCUT2D eigenvalue weighted by Gasteiger charge is 2.25. The number of methoxy groups -OCH3 is 1. The van der Waals surface area contributed by atoms with Crippen molar-refractivity contribution in [3.63, 3.8) is 0 Å². The van der Waals surface area contributed by atoms with Crippen LogP contribution in [0.4, 0.5) is 0 Å². The Morgan fingerprint density at radius 1 is 1.33 bits per heavy atom. The second-order valence-electron chi connectivity index (χ2n) is 4.78. The quantitative estimate of drug-likeness (QED) is 0.701. The summed E-state index contributed by atoms with van der Waals surface area (Å²) in [7, 11) is 1.83. The zero-order chi connectivity index (χ0) is 11.1. The van der Waals surface area contributed by atoms with Gasteiger partial charge in [0.1, 0.15) is 0 Å². The minimum atomic E-state index is 0.506. The Kier molecular flexibility index (Phi) is 6.26. The highest BCUT2D eigenvalue weighted by molar-refractivity contribution is 4.83. The van der Waals surface area contributed by atoms with Crippen LogP contribution in [0.2, 0.25) is 0 Å². The molecule has 0 aromatic carbocycles. The van der Waals surface area contributed by atoms with Crippen molar-refractivity contribution in [2.45, 2.75) is 77.0 Å². The number of hydrogen-bond donors (Lipinski definition) is 1. The van der Waals surface area contributed by atoms with Crippen molar-refractivity contribution in [3.05, 3.63) is 0 Å². The average molecular weight is 213 g/mol. The first kappa shape index (κ1) is 13.0. The minimum Gasteiger partial charge on any atom is -0.381 e. The van der Waals surface area contributed by atoms with Crippen molar-refractivity contribution >= 4 is 0 Å². The third-order valence-electron chi connectivity index (χ3n) is 3.59. The topological polar surface area (TPSA) is 21.3 Å². The van der Waals surface area contributed by atoms with E-state index in [1.165, 1.54) is 44.9 Å². The van der Waals surface area contributed by atoms with E-state index < -0.39 is 0 Å². The van der Waals surface area contributed by atoms with Crippen LogP contribution >= 0.6 is 0 Å². The van der Waals surface area contributed by atoms with Gasteiger partial charge in [0, 0.05) is 19.2 Å². The molecule has 15 heavy (non-hydrogen) atoms. The molecule has 1 fully saturated rings. The Morgan fingerprint density at radius 2 is 2.13 bits per heavy atom. The lowest BCUT2D eigenvalue weighted by Gasteiger charge is -2.21. The van der Waals surface area contributed by atoms with E-state index in [2.05, 4.69) is 19.2 Å². The molecule has 3 unspecified atom stereocenters.